The zero-order valence-corrected chi connectivity index (χ0v) is 13.1. The molecule has 3 nitrogen and oxygen atoms in total. The van der Waals surface area contributed by atoms with E-state index in [9.17, 15) is 0 Å². The Balaban J connectivity index is 1.79. The summed E-state index contributed by atoms with van der Waals surface area (Å²) in [5.41, 5.74) is 2.48. The van der Waals surface area contributed by atoms with Gasteiger partial charge in [0, 0.05) is 12.3 Å². The molecule has 1 N–H and O–H groups in total. The number of rotatable bonds is 8. The minimum Gasteiger partial charge on any atom is -0.487 e. The zero-order chi connectivity index (χ0) is 14.9. The van der Waals surface area contributed by atoms with Crippen LogP contribution in [0.1, 0.15) is 24.5 Å². The first-order valence-electron chi connectivity index (χ1n) is 7.30. The van der Waals surface area contributed by atoms with Crippen LogP contribution in [0, 0.1) is 0 Å². The van der Waals surface area contributed by atoms with Crippen molar-refractivity contribution in [2.75, 3.05) is 13.1 Å². The Morgan fingerprint density at radius 2 is 1.86 bits per heavy atom. The van der Waals surface area contributed by atoms with Crippen LogP contribution in [0.4, 0.5) is 0 Å². The summed E-state index contributed by atoms with van der Waals surface area (Å²) in [6.07, 6.45) is 5.49. The molecule has 2 aromatic rings. The van der Waals surface area contributed by atoms with Gasteiger partial charge in [0.25, 0.3) is 0 Å². The van der Waals surface area contributed by atoms with Gasteiger partial charge in [0.15, 0.2) is 0 Å². The number of hydrogen-bond donors (Lipinski definition) is 1. The van der Waals surface area contributed by atoms with Crippen LogP contribution in [0.3, 0.4) is 0 Å². The van der Waals surface area contributed by atoms with Crippen LogP contribution in [0.5, 0.6) is 5.75 Å². The van der Waals surface area contributed by atoms with Crippen LogP contribution < -0.4 is 10.1 Å². The smallest absolute Gasteiger partial charge is 0.139 e. The molecular formula is C17H21ClN2O. The molecule has 0 fully saturated rings. The summed E-state index contributed by atoms with van der Waals surface area (Å²) in [5.74, 6) is 0.690. The first kappa shape index (κ1) is 15.8. The van der Waals surface area contributed by atoms with E-state index in [-0.39, 0.29) is 0 Å². The van der Waals surface area contributed by atoms with Crippen LogP contribution in [-0.4, -0.2) is 18.1 Å². The summed E-state index contributed by atoms with van der Waals surface area (Å²) in [7, 11) is 0. The molecule has 2 rings (SSSR count). The lowest BCUT2D eigenvalue weighted by atomic mass is 10.1. The molecule has 0 aliphatic heterocycles. The van der Waals surface area contributed by atoms with Crippen LogP contribution in [0.15, 0.2) is 42.7 Å². The van der Waals surface area contributed by atoms with Gasteiger partial charge in [0.05, 0.1) is 11.2 Å². The van der Waals surface area contributed by atoms with Gasteiger partial charge in [-0.05, 0) is 37.1 Å². The fourth-order valence-corrected chi connectivity index (χ4v) is 2.14. The molecule has 0 aliphatic carbocycles. The minimum absolute atomic E-state index is 0.524. The normalized spacial score (nSPS) is 10.6. The largest absolute Gasteiger partial charge is 0.487 e. The molecule has 0 atom stereocenters. The fraction of sp³-hybridized carbons (Fsp3) is 0.353. The lowest BCUT2D eigenvalue weighted by Gasteiger charge is -2.07. The molecule has 0 bridgehead atoms. The summed E-state index contributed by atoms with van der Waals surface area (Å²) < 4.78 is 5.67. The number of aromatic nitrogens is 1. The molecule has 0 amide bonds. The van der Waals surface area contributed by atoms with Crippen LogP contribution >= 0.6 is 11.6 Å². The lowest BCUT2D eigenvalue weighted by Crippen LogP contribution is -2.17. The SMILES string of the molecule is CCCNCCc1ccc(COc2cncc(Cl)c2)cc1. The predicted molar refractivity (Wildman–Crippen MR) is 86.9 cm³/mol. The second-order valence-corrected chi connectivity index (χ2v) is 5.38. The highest BCUT2D eigenvalue weighted by molar-refractivity contribution is 6.30. The molecule has 1 aromatic carbocycles. The van der Waals surface area contributed by atoms with Crippen molar-refractivity contribution in [1.82, 2.24) is 10.3 Å². The average Bonchev–Trinajstić information content (AvgIpc) is 2.51. The number of pyridine rings is 1. The quantitative estimate of drug-likeness (QED) is 0.752. The van der Waals surface area contributed by atoms with Crippen molar-refractivity contribution < 1.29 is 4.74 Å². The van der Waals surface area contributed by atoms with Gasteiger partial charge in [0.2, 0.25) is 0 Å². The van der Waals surface area contributed by atoms with E-state index in [1.165, 1.54) is 12.0 Å². The summed E-state index contributed by atoms with van der Waals surface area (Å²) in [6, 6.07) is 10.3. The van der Waals surface area contributed by atoms with Crippen molar-refractivity contribution in [1.29, 1.82) is 0 Å². The van der Waals surface area contributed by atoms with Crippen molar-refractivity contribution in [2.24, 2.45) is 0 Å². The Morgan fingerprint density at radius 3 is 2.57 bits per heavy atom. The van der Waals surface area contributed by atoms with E-state index in [0.29, 0.717) is 17.4 Å². The van der Waals surface area contributed by atoms with Gasteiger partial charge in [-0.15, -0.1) is 0 Å². The van der Waals surface area contributed by atoms with E-state index in [1.807, 2.05) is 0 Å². The van der Waals surface area contributed by atoms with E-state index in [0.717, 1.165) is 25.1 Å². The predicted octanol–water partition coefficient (Wildman–Crippen LogP) is 3.86. The highest BCUT2D eigenvalue weighted by Crippen LogP contribution is 2.16. The first-order chi connectivity index (χ1) is 10.3. The van der Waals surface area contributed by atoms with Crippen molar-refractivity contribution >= 4 is 11.6 Å². The third kappa shape index (κ3) is 5.74. The summed E-state index contributed by atoms with van der Waals surface area (Å²) >= 11 is 5.87. The highest BCUT2D eigenvalue weighted by atomic mass is 35.5. The molecular weight excluding hydrogens is 284 g/mol. The zero-order valence-electron chi connectivity index (χ0n) is 12.3. The molecule has 4 heteroatoms. The number of benzene rings is 1. The third-order valence-corrected chi connectivity index (χ3v) is 3.33. The van der Waals surface area contributed by atoms with Gasteiger partial charge < -0.3 is 10.1 Å². The van der Waals surface area contributed by atoms with Gasteiger partial charge in [0.1, 0.15) is 12.4 Å². The molecule has 21 heavy (non-hydrogen) atoms. The Kier molecular flexibility index (Phi) is 6.51. The van der Waals surface area contributed by atoms with Gasteiger partial charge in [-0.2, -0.15) is 0 Å². The maximum Gasteiger partial charge on any atom is 0.139 e. The minimum atomic E-state index is 0.524. The number of nitrogens with one attached hydrogen (secondary N) is 1. The average molecular weight is 305 g/mol. The van der Waals surface area contributed by atoms with Crippen LogP contribution in [-0.2, 0) is 13.0 Å². The first-order valence-corrected chi connectivity index (χ1v) is 7.67. The van der Waals surface area contributed by atoms with Crippen molar-refractivity contribution in [3.63, 3.8) is 0 Å². The Labute approximate surface area is 131 Å². The Morgan fingerprint density at radius 1 is 1.10 bits per heavy atom. The number of hydrogen-bond acceptors (Lipinski definition) is 3. The van der Waals surface area contributed by atoms with Gasteiger partial charge in [-0.1, -0.05) is 42.8 Å². The van der Waals surface area contributed by atoms with Crippen LogP contribution in [0.25, 0.3) is 0 Å². The van der Waals surface area contributed by atoms with Gasteiger partial charge in [-0.25, -0.2) is 0 Å². The molecule has 0 saturated carbocycles. The van der Waals surface area contributed by atoms with E-state index in [4.69, 9.17) is 16.3 Å². The van der Waals surface area contributed by atoms with E-state index in [2.05, 4.69) is 41.5 Å². The molecule has 112 valence electrons. The molecule has 0 unspecified atom stereocenters. The maximum absolute atomic E-state index is 5.87. The number of ether oxygens (including phenoxy) is 1. The summed E-state index contributed by atoms with van der Waals surface area (Å²) in [4.78, 5) is 4.00. The third-order valence-electron chi connectivity index (χ3n) is 3.13. The maximum atomic E-state index is 5.87. The molecule has 0 spiro atoms. The number of nitrogens with zero attached hydrogens (tertiary/aromatic N) is 1. The molecule has 1 heterocycles. The number of halogens is 1. The Bertz CT molecular complexity index is 543. The van der Waals surface area contributed by atoms with Crippen molar-refractivity contribution in [3.05, 3.63) is 58.9 Å². The van der Waals surface area contributed by atoms with Crippen molar-refractivity contribution in [3.8, 4) is 5.75 Å². The topological polar surface area (TPSA) is 34.1 Å². The molecule has 0 aliphatic rings. The summed E-state index contributed by atoms with van der Waals surface area (Å²) in [6.45, 7) is 4.81. The van der Waals surface area contributed by atoms with E-state index < -0.39 is 0 Å². The molecule has 0 radical (unpaired) electrons. The monoisotopic (exact) mass is 304 g/mol. The van der Waals surface area contributed by atoms with E-state index in [1.54, 1.807) is 18.5 Å². The van der Waals surface area contributed by atoms with Gasteiger partial charge in [-0.3, -0.25) is 4.98 Å². The summed E-state index contributed by atoms with van der Waals surface area (Å²) in [5, 5.41) is 3.99. The second-order valence-electron chi connectivity index (χ2n) is 4.94. The highest BCUT2D eigenvalue weighted by Gasteiger charge is 1.99. The molecule has 0 saturated heterocycles. The second kappa shape index (κ2) is 8.65. The standard InChI is InChI=1S/C17H21ClN2O/c1-2-8-19-9-7-14-3-5-15(6-4-14)13-21-17-10-16(18)11-20-12-17/h3-6,10-12,19H,2,7-9,13H2,1H3. The molecule has 1 aromatic heterocycles. The van der Waals surface area contributed by atoms with Gasteiger partial charge >= 0.3 is 0 Å². The van der Waals surface area contributed by atoms with Crippen molar-refractivity contribution in [2.45, 2.75) is 26.4 Å². The Hall–Kier alpha value is -1.58. The lowest BCUT2D eigenvalue weighted by molar-refractivity contribution is 0.305. The fourth-order valence-electron chi connectivity index (χ4n) is 1.97. The van der Waals surface area contributed by atoms with E-state index >= 15 is 0 Å². The van der Waals surface area contributed by atoms with Crippen LogP contribution in [0.2, 0.25) is 5.02 Å².